The number of benzene rings is 2. The van der Waals surface area contributed by atoms with E-state index in [1.54, 1.807) is 42.8 Å². The second kappa shape index (κ2) is 21.1. The highest BCUT2D eigenvalue weighted by Crippen LogP contribution is 2.37. The van der Waals surface area contributed by atoms with Crippen molar-refractivity contribution in [2.75, 3.05) is 50.0 Å². The number of imide groups is 2. The van der Waals surface area contributed by atoms with E-state index in [4.69, 9.17) is 4.74 Å². The summed E-state index contributed by atoms with van der Waals surface area (Å²) in [5.41, 5.74) is -0.754. The van der Waals surface area contributed by atoms with Crippen LogP contribution in [0.15, 0.2) is 66.1 Å². The zero-order chi connectivity index (χ0) is 48.9. The van der Waals surface area contributed by atoms with Crippen LogP contribution in [0.1, 0.15) is 77.9 Å². The summed E-state index contributed by atoms with van der Waals surface area (Å²) in [7, 11) is 0. The number of rotatable bonds is 20. The number of ether oxygens (including phenoxy) is 1. The minimum absolute atomic E-state index is 0.0372. The molecular weight excluding hydrogens is 927 g/mol. The summed E-state index contributed by atoms with van der Waals surface area (Å²) in [6.45, 7) is 8.29. The highest BCUT2D eigenvalue weighted by atomic mass is 32.2. The number of piperidine rings is 2. The highest BCUT2D eigenvalue weighted by molar-refractivity contribution is 7.97. The number of amides is 4. The second-order valence-corrected chi connectivity index (χ2v) is 18.7. The van der Waals surface area contributed by atoms with E-state index in [-0.39, 0.29) is 54.3 Å². The fourth-order valence-corrected chi connectivity index (χ4v) is 8.95. The minimum Gasteiger partial charge on any atom is -0.389 e. The van der Waals surface area contributed by atoms with Crippen molar-refractivity contribution in [3.63, 3.8) is 0 Å². The Morgan fingerprint density at radius 1 is 0.942 bits per heavy atom. The molecule has 2 aromatic carbocycles. The summed E-state index contributed by atoms with van der Waals surface area (Å²) in [6, 6.07) is 8.36. The number of fused-ring (bicyclic) bond motifs is 1. The van der Waals surface area contributed by atoms with Crippen LogP contribution in [0.4, 0.5) is 34.9 Å². The number of anilines is 3. The molecule has 0 bridgehead atoms. The van der Waals surface area contributed by atoms with Gasteiger partial charge < -0.3 is 25.4 Å². The van der Waals surface area contributed by atoms with E-state index in [1.807, 2.05) is 6.20 Å². The van der Waals surface area contributed by atoms with E-state index >= 15 is 4.39 Å². The molecule has 0 radical (unpaired) electrons. The van der Waals surface area contributed by atoms with E-state index in [0.29, 0.717) is 48.9 Å². The average Bonchev–Trinajstić information content (AvgIpc) is 4.02. The lowest BCUT2D eigenvalue weighted by atomic mass is 9.93. The van der Waals surface area contributed by atoms with Gasteiger partial charge in [0.05, 0.1) is 66.8 Å². The number of carbonyl (C=O) groups is 4. The van der Waals surface area contributed by atoms with Crippen LogP contribution in [0.2, 0.25) is 0 Å². The molecule has 0 aliphatic carbocycles. The fourth-order valence-electron chi connectivity index (χ4n) is 8.30. The number of likely N-dealkylation sites (tertiary alicyclic amines) is 1. The molecule has 2 saturated heterocycles. The first kappa shape index (κ1) is 49.1. The van der Waals surface area contributed by atoms with Crippen LogP contribution in [-0.4, -0.2) is 124 Å². The first-order chi connectivity index (χ1) is 33.0. The van der Waals surface area contributed by atoms with Crippen molar-refractivity contribution >= 4 is 52.9 Å². The third kappa shape index (κ3) is 12.5. The smallest absolute Gasteiger partial charge is 0.389 e. The number of carbonyl (C=O) groups excluding carboxylic acids is 4. The minimum atomic E-state index is -4.76. The Morgan fingerprint density at radius 3 is 2.49 bits per heavy atom. The van der Waals surface area contributed by atoms with Gasteiger partial charge in [0, 0.05) is 54.6 Å². The molecule has 1 atom stereocenters. The molecule has 69 heavy (non-hydrogen) atoms. The van der Waals surface area contributed by atoms with Crippen LogP contribution in [0.5, 0.6) is 0 Å². The zero-order valence-electron chi connectivity index (χ0n) is 37.8. The number of aromatic nitrogens is 7. The fraction of sp³-hybridized carbons (Fsp3) is 0.444. The molecule has 5 aromatic rings. The Labute approximate surface area is 397 Å². The normalized spacial score (nSPS) is 17.1. The molecule has 3 aliphatic heterocycles. The lowest BCUT2D eigenvalue weighted by molar-refractivity contribution is -0.138. The Hall–Kier alpha value is -6.34. The second-order valence-electron chi connectivity index (χ2n) is 17.7. The van der Waals surface area contributed by atoms with Gasteiger partial charge in [-0.15, -0.1) is 5.10 Å². The van der Waals surface area contributed by atoms with E-state index in [0.717, 1.165) is 49.5 Å². The molecule has 366 valence electrons. The summed E-state index contributed by atoms with van der Waals surface area (Å²) in [5.74, 6) is -2.48. The third-order valence-corrected chi connectivity index (χ3v) is 12.6. The lowest BCUT2D eigenvalue weighted by Gasteiger charge is -2.32. The standard InChI is InChI=1S/C45H51F4N13O6S/c1-44(2,67)26-61-23-28(21-52-61)39-34(45(47,48)49)22-51-43(56-39)54-36-6-4-31(20-35(36)46)69-53-13-18-68-25-30-24-60(58-57-30)17-16-59-14-10-27(11-15-59)9-12-50-29-3-5-32-33(19-29)42(66)62(41(32)65)37-7-8-38(63)55-40(37)64/h3-6,19-24,27,37,50,53,67H,7-18,25-26H2,1-2H3,(H,51,54,56)(H,55,63,64). The van der Waals surface area contributed by atoms with Gasteiger partial charge in [0.2, 0.25) is 17.8 Å². The average molecular weight is 978 g/mol. The predicted octanol–water partition coefficient (Wildman–Crippen LogP) is 5.03. The van der Waals surface area contributed by atoms with Crippen molar-refractivity contribution in [2.45, 2.75) is 88.4 Å². The number of nitrogens with one attached hydrogen (secondary N) is 4. The van der Waals surface area contributed by atoms with Crippen molar-refractivity contribution < 1.29 is 46.6 Å². The van der Waals surface area contributed by atoms with Crippen molar-refractivity contribution in [3.8, 4) is 11.3 Å². The molecule has 5 N–H and O–H groups in total. The molecule has 8 rings (SSSR count). The van der Waals surface area contributed by atoms with Gasteiger partial charge in [-0.05, 0) is 107 Å². The molecule has 6 heterocycles. The Balaban J connectivity index is 0.701. The van der Waals surface area contributed by atoms with Gasteiger partial charge in [0.1, 0.15) is 23.1 Å². The van der Waals surface area contributed by atoms with Gasteiger partial charge in [0.15, 0.2) is 0 Å². The Morgan fingerprint density at radius 2 is 1.74 bits per heavy atom. The van der Waals surface area contributed by atoms with Crippen LogP contribution in [-0.2, 0) is 40.2 Å². The number of aliphatic hydroxyl groups is 1. The van der Waals surface area contributed by atoms with Gasteiger partial charge in [0.25, 0.3) is 11.8 Å². The van der Waals surface area contributed by atoms with Gasteiger partial charge in [-0.2, -0.15) is 18.3 Å². The number of hydrogen-bond donors (Lipinski definition) is 5. The van der Waals surface area contributed by atoms with Crippen LogP contribution < -0.4 is 20.7 Å². The molecule has 24 heteroatoms. The van der Waals surface area contributed by atoms with Crippen LogP contribution >= 0.6 is 11.9 Å². The monoisotopic (exact) mass is 977 g/mol. The van der Waals surface area contributed by atoms with Gasteiger partial charge >= 0.3 is 6.18 Å². The summed E-state index contributed by atoms with van der Waals surface area (Å²) >= 11 is 1.18. The number of alkyl halides is 3. The molecular formula is C45H51F4N13O6S. The molecule has 3 aromatic heterocycles. The molecule has 0 saturated carbocycles. The molecule has 0 spiro atoms. The largest absolute Gasteiger partial charge is 0.419 e. The van der Waals surface area contributed by atoms with Crippen molar-refractivity contribution in [2.24, 2.45) is 5.92 Å². The Kier molecular flexibility index (Phi) is 15.0. The van der Waals surface area contributed by atoms with Crippen molar-refractivity contribution in [3.05, 3.63) is 89.4 Å². The van der Waals surface area contributed by atoms with E-state index in [1.165, 1.54) is 41.2 Å². The highest BCUT2D eigenvalue weighted by Gasteiger charge is 2.44. The van der Waals surface area contributed by atoms with Crippen LogP contribution in [0.25, 0.3) is 11.3 Å². The maximum absolute atomic E-state index is 15.1. The molecule has 4 amide bonds. The van der Waals surface area contributed by atoms with Crippen molar-refractivity contribution in [1.82, 2.24) is 54.6 Å². The number of nitrogens with zero attached hydrogens (tertiary/aromatic N) is 9. The van der Waals surface area contributed by atoms with E-state index < -0.39 is 58.5 Å². The quantitative estimate of drug-likeness (QED) is 0.0298. The lowest BCUT2D eigenvalue weighted by Crippen LogP contribution is -2.54. The van der Waals surface area contributed by atoms with Crippen LogP contribution in [0, 0.1) is 11.7 Å². The predicted molar refractivity (Wildman–Crippen MR) is 243 cm³/mol. The van der Waals surface area contributed by atoms with Gasteiger partial charge in [-0.3, -0.25) is 43.5 Å². The molecule has 2 fully saturated rings. The summed E-state index contributed by atoms with van der Waals surface area (Å²) in [5, 5.41) is 30.9. The summed E-state index contributed by atoms with van der Waals surface area (Å²) < 4.78 is 68.7. The van der Waals surface area contributed by atoms with Crippen LogP contribution in [0.3, 0.4) is 0 Å². The SMILES string of the molecule is CC(C)(O)Cn1cc(-c2nc(Nc3ccc(SNCCOCc4cn(CCN5CCC(CCNc6ccc7c(c6)C(=O)N(C6CCC(=O)NC6=O)C7=O)CC5)nn4)cc3F)ncc2C(F)(F)F)cn1. The summed E-state index contributed by atoms with van der Waals surface area (Å²) in [6.07, 6.45) is 3.50. The first-order valence-electron chi connectivity index (χ1n) is 22.4. The number of halogens is 4. The topological polar surface area (TPSA) is 227 Å². The number of hydrogen-bond acceptors (Lipinski definition) is 16. The van der Waals surface area contributed by atoms with Crippen molar-refractivity contribution in [1.29, 1.82) is 0 Å². The molecule has 3 aliphatic rings. The van der Waals surface area contributed by atoms with E-state index in [2.05, 4.69) is 51.0 Å². The molecule has 19 nitrogen and oxygen atoms in total. The Bertz CT molecular complexity index is 2680. The molecule has 1 unspecified atom stereocenters. The van der Waals surface area contributed by atoms with Gasteiger partial charge in [-0.1, -0.05) is 5.21 Å². The maximum Gasteiger partial charge on any atom is 0.419 e. The zero-order valence-corrected chi connectivity index (χ0v) is 38.6. The van der Waals surface area contributed by atoms with Gasteiger partial charge in [-0.25, -0.2) is 14.4 Å². The first-order valence-corrected chi connectivity index (χ1v) is 23.2. The van der Waals surface area contributed by atoms with E-state index in [9.17, 15) is 37.5 Å². The summed E-state index contributed by atoms with van der Waals surface area (Å²) in [4.78, 5) is 61.8. The maximum atomic E-state index is 15.1. The third-order valence-electron chi connectivity index (χ3n) is 11.8.